The lowest BCUT2D eigenvalue weighted by Gasteiger charge is -2.14. The second-order valence-electron chi connectivity index (χ2n) is 6.05. The van der Waals surface area contributed by atoms with Crippen LogP contribution in [0.3, 0.4) is 0 Å². The van der Waals surface area contributed by atoms with Crippen molar-refractivity contribution in [1.29, 1.82) is 0 Å². The van der Waals surface area contributed by atoms with Crippen molar-refractivity contribution in [2.45, 2.75) is 24.6 Å². The summed E-state index contributed by atoms with van der Waals surface area (Å²) in [6.45, 7) is 0.575. The highest BCUT2D eigenvalue weighted by molar-refractivity contribution is 14.0. The van der Waals surface area contributed by atoms with Crippen LogP contribution in [0.15, 0.2) is 59.6 Å². The number of alkyl halides is 3. The maximum absolute atomic E-state index is 12.1. The van der Waals surface area contributed by atoms with Gasteiger partial charge in [0, 0.05) is 11.1 Å². The lowest BCUT2D eigenvalue weighted by molar-refractivity contribution is -0.274. The molecule has 140 valence electrons. The summed E-state index contributed by atoms with van der Waals surface area (Å²) in [4.78, 5) is 4.38. The van der Waals surface area contributed by atoms with E-state index in [0.717, 1.165) is 12.8 Å². The third-order valence-electron chi connectivity index (χ3n) is 4.15. The maximum atomic E-state index is 12.1. The Morgan fingerprint density at radius 3 is 2.23 bits per heavy atom. The van der Waals surface area contributed by atoms with Crippen LogP contribution < -0.4 is 15.8 Å². The minimum absolute atomic E-state index is 0. The monoisotopic (exact) mass is 477 g/mol. The first-order valence-corrected chi connectivity index (χ1v) is 7.85. The van der Waals surface area contributed by atoms with Crippen LogP contribution >= 0.6 is 24.0 Å². The van der Waals surface area contributed by atoms with Crippen molar-refractivity contribution in [3.63, 3.8) is 0 Å². The number of nitrogens with zero attached hydrogens (tertiary/aromatic N) is 1. The highest BCUT2D eigenvalue weighted by Crippen LogP contribution is 2.48. The SMILES string of the molecule is I.NC(=NCC1(c2ccccc2)CC1)Nc1ccc(OC(F)(F)F)cc1. The fourth-order valence-corrected chi connectivity index (χ4v) is 2.64. The minimum Gasteiger partial charge on any atom is -0.406 e. The summed E-state index contributed by atoms with van der Waals surface area (Å²) in [7, 11) is 0. The first kappa shape index (κ1) is 20.3. The van der Waals surface area contributed by atoms with E-state index in [-0.39, 0.29) is 41.1 Å². The van der Waals surface area contributed by atoms with Gasteiger partial charge in [-0.1, -0.05) is 30.3 Å². The average molecular weight is 477 g/mol. The molecule has 3 N–H and O–H groups in total. The first-order chi connectivity index (χ1) is 11.9. The molecule has 0 saturated heterocycles. The molecule has 0 heterocycles. The zero-order valence-corrected chi connectivity index (χ0v) is 16.1. The number of hydrogen-bond donors (Lipinski definition) is 2. The van der Waals surface area contributed by atoms with Crippen molar-refractivity contribution < 1.29 is 17.9 Å². The summed E-state index contributed by atoms with van der Waals surface area (Å²) in [5.41, 5.74) is 7.73. The molecule has 0 spiro atoms. The van der Waals surface area contributed by atoms with E-state index < -0.39 is 6.36 Å². The molecule has 2 aromatic rings. The standard InChI is InChI=1S/C18H18F3N3O.HI/c19-18(20,21)25-15-8-6-14(7-9-15)24-16(22)23-12-17(10-11-17)13-4-2-1-3-5-13;/h1-9H,10-12H2,(H3,22,23,24);1H. The van der Waals surface area contributed by atoms with E-state index in [1.165, 1.54) is 29.8 Å². The van der Waals surface area contributed by atoms with Gasteiger partial charge in [0.05, 0.1) is 6.54 Å². The number of nitrogens with one attached hydrogen (secondary N) is 1. The number of ether oxygens (including phenoxy) is 1. The molecule has 1 saturated carbocycles. The Hall–Kier alpha value is -1.97. The number of benzene rings is 2. The molecule has 3 rings (SSSR count). The van der Waals surface area contributed by atoms with Gasteiger partial charge in [0.2, 0.25) is 0 Å². The van der Waals surface area contributed by atoms with E-state index in [1.54, 1.807) is 0 Å². The lowest BCUT2D eigenvalue weighted by atomic mass is 9.96. The summed E-state index contributed by atoms with van der Waals surface area (Å²) >= 11 is 0. The molecule has 0 amide bonds. The van der Waals surface area contributed by atoms with Crippen LogP contribution in [0.25, 0.3) is 0 Å². The Balaban J connectivity index is 0.00000243. The second-order valence-corrected chi connectivity index (χ2v) is 6.05. The smallest absolute Gasteiger partial charge is 0.406 e. The molecular formula is C18H19F3IN3O. The molecule has 1 fully saturated rings. The minimum atomic E-state index is -4.70. The zero-order chi connectivity index (χ0) is 17.9. The molecule has 0 atom stereocenters. The molecule has 8 heteroatoms. The van der Waals surface area contributed by atoms with Gasteiger partial charge in [0.1, 0.15) is 5.75 Å². The Morgan fingerprint density at radius 1 is 1.08 bits per heavy atom. The second kappa shape index (κ2) is 8.15. The van der Waals surface area contributed by atoms with Crippen molar-refractivity contribution >= 4 is 35.6 Å². The zero-order valence-electron chi connectivity index (χ0n) is 13.8. The molecule has 0 unspecified atom stereocenters. The van der Waals surface area contributed by atoms with Crippen LogP contribution in [0.2, 0.25) is 0 Å². The molecule has 4 nitrogen and oxygen atoms in total. The van der Waals surface area contributed by atoms with Gasteiger partial charge in [0.15, 0.2) is 5.96 Å². The average Bonchev–Trinajstić information content (AvgIpc) is 3.36. The predicted molar refractivity (Wildman–Crippen MR) is 106 cm³/mol. The molecule has 1 aliphatic carbocycles. The van der Waals surface area contributed by atoms with E-state index in [9.17, 15) is 13.2 Å². The third kappa shape index (κ3) is 5.52. The van der Waals surface area contributed by atoms with E-state index in [1.807, 2.05) is 18.2 Å². The van der Waals surface area contributed by atoms with Crippen LogP contribution in [-0.4, -0.2) is 18.9 Å². The summed E-state index contributed by atoms with van der Waals surface area (Å²) in [5.74, 6) is -0.0544. The Morgan fingerprint density at radius 2 is 1.69 bits per heavy atom. The summed E-state index contributed by atoms with van der Waals surface area (Å²) in [6.07, 6.45) is -2.57. The Bertz CT molecular complexity index is 745. The van der Waals surface area contributed by atoms with E-state index in [2.05, 4.69) is 27.2 Å². The van der Waals surface area contributed by atoms with Gasteiger partial charge in [-0.05, 0) is 42.7 Å². The molecule has 26 heavy (non-hydrogen) atoms. The fraction of sp³-hybridized carbons (Fsp3) is 0.278. The normalized spacial score (nSPS) is 15.7. The van der Waals surface area contributed by atoms with Gasteiger partial charge in [-0.15, -0.1) is 37.1 Å². The summed E-state index contributed by atoms with van der Waals surface area (Å²) in [5, 5.41) is 2.87. The van der Waals surface area contributed by atoms with Crippen LogP contribution in [0, 0.1) is 0 Å². The fourth-order valence-electron chi connectivity index (χ4n) is 2.64. The Kier molecular flexibility index (Phi) is 6.38. The highest BCUT2D eigenvalue weighted by Gasteiger charge is 2.43. The van der Waals surface area contributed by atoms with E-state index >= 15 is 0 Å². The van der Waals surface area contributed by atoms with Gasteiger partial charge in [0.25, 0.3) is 0 Å². The third-order valence-corrected chi connectivity index (χ3v) is 4.15. The molecule has 1 aliphatic rings. The molecule has 0 bridgehead atoms. The lowest BCUT2D eigenvalue weighted by Crippen LogP contribution is -2.25. The molecule has 2 aromatic carbocycles. The van der Waals surface area contributed by atoms with Crippen molar-refractivity contribution in [2.75, 3.05) is 11.9 Å². The Labute approximate surface area is 166 Å². The topological polar surface area (TPSA) is 59.6 Å². The number of hydrogen-bond acceptors (Lipinski definition) is 2. The van der Waals surface area contributed by atoms with Gasteiger partial charge in [-0.2, -0.15) is 0 Å². The largest absolute Gasteiger partial charge is 0.573 e. The number of anilines is 1. The molecule has 0 aromatic heterocycles. The quantitative estimate of drug-likeness (QED) is 0.374. The highest BCUT2D eigenvalue weighted by atomic mass is 127. The van der Waals surface area contributed by atoms with E-state index in [4.69, 9.17) is 5.73 Å². The number of nitrogens with two attached hydrogens (primary N) is 1. The molecule has 0 radical (unpaired) electrons. The van der Waals surface area contributed by atoms with Gasteiger partial charge in [-0.3, -0.25) is 4.99 Å². The van der Waals surface area contributed by atoms with Crippen LogP contribution in [-0.2, 0) is 5.41 Å². The first-order valence-electron chi connectivity index (χ1n) is 7.85. The predicted octanol–water partition coefficient (Wildman–Crippen LogP) is 4.66. The van der Waals surface area contributed by atoms with Crippen LogP contribution in [0.1, 0.15) is 18.4 Å². The maximum Gasteiger partial charge on any atom is 0.573 e. The van der Waals surface area contributed by atoms with Crippen LogP contribution in [0.4, 0.5) is 18.9 Å². The van der Waals surface area contributed by atoms with Crippen molar-refractivity contribution in [1.82, 2.24) is 0 Å². The van der Waals surface area contributed by atoms with Gasteiger partial charge < -0.3 is 15.8 Å². The number of rotatable bonds is 5. The molecule has 0 aliphatic heterocycles. The van der Waals surface area contributed by atoms with Crippen molar-refractivity contribution in [3.8, 4) is 5.75 Å². The van der Waals surface area contributed by atoms with Crippen LogP contribution in [0.5, 0.6) is 5.75 Å². The van der Waals surface area contributed by atoms with Gasteiger partial charge >= 0.3 is 6.36 Å². The number of aliphatic imine (C=N–C) groups is 1. The number of halogens is 4. The van der Waals surface area contributed by atoms with E-state index in [0.29, 0.717) is 12.2 Å². The number of guanidine groups is 1. The van der Waals surface area contributed by atoms with Crippen molar-refractivity contribution in [3.05, 3.63) is 60.2 Å². The summed E-state index contributed by atoms with van der Waals surface area (Å²) in [6, 6.07) is 15.5. The van der Waals surface area contributed by atoms with Gasteiger partial charge in [-0.25, -0.2) is 0 Å². The summed E-state index contributed by atoms with van der Waals surface area (Å²) < 4.78 is 40.2. The molecular weight excluding hydrogens is 458 g/mol. The van der Waals surface area contributed by atoms with Crippen molar-refractivity contribution in [2.24, 2.45) is 10.7 Å².